The van der Waals surface area contributed by atoms with E-state index in [0.29, 0.717) is 17.2 Å². The Labute approximate surface area is 216 Å². The van der Waals surface area contributed by atoms with E-state index in [1.165, 1.54) is 16.9 Å². The molecule has 36 heavy (non-hydrogen) atoms. The Morgan fingerprint density at radius 2 is 1.81 bits per heavy atom. The Morgan fingerprint density at radius 1 is 0.944 bits per heavy atom. The second-order valence-electron chi connectivity index (χ2n) is 8.69. The first kappa shape index (κ1) is 22.5. The third-order valence-corrected chi connectivity index (χ3v) is 7.98. The molecule has 6 rings (SSSR count). The van der Waals surface area contributed by atoms with Gasteiger partial charge in [-0.15, -0.1) is 11.3 Å². The van der Waals surface area contributed by atoms with Gasteiger partial charge >= 0.3 is 0 Å². The van der Waals surface area contributed by atoms with Gasteiger partial charge in [0.25, 0.3) is 5.91 Å². The van der Waals surface area contributed by atoms with E-state index in [-0.39, 0.29) is 5.91 Å². The molecule has 0 atom stereocenters. The molecule has 4 heterocycles. The molecule has 7 heteroatoms. The van der Waals surface area contributed by atoms with E-state index in [1.807, 2.05) is 66.0 Å². The molecule has 1 amide bonds. The number of fused-ring (bicyclic) bond motifs is 2. The Kier molecular flexibility index (Phi) is 5.79. The number of para-hydroxylation sites is 1. The number of aromatic nitrogens is 3. The number of aryl methyl sites for hydroxylation is 2. The van der Waals surface area contributed by atoms with Gasteiger partial charge in [0.2, 0.25) is 0 Å². The number of carbonyl (C=O) groups is 1. The van der Waals surface area contributed by atoms with E-state index in [4.69, 9.17) is 9.97 Å². The van der Waals surface area contributed by atoms with Crippen LogP contribution in [0.5, 0.6) is 0 Å². The van der Waals surface area contributed by atoms with Crippen molar-refractivity contribution < 1.29 is 4.79 Å². The van der Waals surface area contributed by atoms with Gasteiger partial charge in [0, 0.05) is 11.6 Å². The summed E-state index contributed by atoms with van der Waals surface area (Å²) in [4.78, 5) is 31.4. The first-order valence-electron chi connectivity index (χ1n) is 11.6. The SMILES string of the molecule is Cc1cc(C)c2nc(N(Cc3ccccn3)C(=O)c3cc(-c4cccs4)nc4ccccc34)sc2c1. The van der Waals surface area contributed by atoms with Crippen molar-refractivity contribution in [2.45, 2.75) is 20.4 Å². The van der Waals surface area contributed by atoms with Crippen LogP contribution in [0.4, 0.5) is 5.13 Å². The van der Waals surface area contributed by atoms with Gasteiger partial charge in [-0.1, -0.05) is 47.7 Å². The van der Waals surface area contributed by atoms with Gasteiger partial charge in [0.05, 0.1) is 44.1 Å². The second kappa shape index (κ2) is 9.26. The number of anilines is 1. The number of hydrogen-bond acceptors (Lipinski definition) is 6. The first-order chi connectivity index (χ1) is 17.6. The van der Waals surface area contributed by atoms with Gasteiger partial charge in [0.1, 0.15) is 0 Å². The summed E-state index contributed by atoms with van der Waals surface area (Å²) in [6.07, 6.45) is 1.75. The highest BCUT2D eigenvalue weighted by Crippen LogP contribution is 2.35. The Hall–Kier alpha value is -3.94. The van der Waals surface area contributed by atoms with Gasteiger partial charge in [-0.3, -0.25) is 14.7 Å². The molecule has 0 bridgehead atoms. The van der Waals surface area contributed by atoms with E-state index in [9.17, 15) is 4.79 Å². The molecule has 0 fully saturated rings. The molecule has 0 saturated heterocycles. The zero-order chi connectivity index (χ0) is 24.6. The molecule has 0 spiro atoms. The Morgan fingerprint density at radius 3 is 2.61 bits per heavy atom. The van der Waals surface area contributed by atoms with Crippen molar-refractivity contribution in [1.82, 2.24) is 15.0 Å². The van der Waals surface area contributed by atoms with Crippen LogP contribution < -0.4 is 4.90 Å². The summed E-state index contributed by atoms with van der Waals surface area (Å²) in [6.45, 7) is 4.47. The lowest BCUT2D eigenvalue weighted by Crippen LogP contribution is -2.31. The number of amides is 1. The van der Waals surface area contributed by atoms with Crippen LogP contribution in [0.3, 0.4) is 0 Å². The summed E-state index contributed by atoms with van der Waals surface area (Å²) < 4.78 is 1.07. The van der Waals surface area contributed by atoms with Gasteiger partial charge in [0.15, 0.2) is 5.13 Å². The third kappa shape index (κ3) is 4.17. The van der Waals surface area contributed by atoms with Gasteiger partial charge in [-0.25, -0.2) is 9.97 Å². The maximum absolute atomic E-state index is 14.4. The number of thiazole rings is 1. The van der Waals surface area contributed by atoms with Crippen molar-refractivity contribution in [3.05, 3.63) is 107 Å². The van der Waals surface area contributed by atoms with Gasteiger partial charge in [-0.05, 0) is 66.8 Å². The van der Waals surface area contributed by atoms with Crippen LogP contribution in [0, 0.1) is 13.8 Å². The number of thiophene rings is 1. The normalized spacial score (nSPS) is 11.3. The highest BCUT2D eigenvalue weighted by atomic mass is 32.1. The highest BCUT2D eigenvalue weighted by Gasteiger charge is 2.25. The zero-order valence-corrected chi connectivity index (χ0v) is 21.4. The average Bonchev–Trinajstić information content (AvgIpc) is 3.58. The molecular weight excluding hydrogens is 484 g/mol. The van der Waals surface area contributed by atoms with E-state index >= 15 is 0 Å². The van der Waals surface area contributed by atoms with Crippen molar-refractivity contribution >= 4 is 54.8 Å². The molecule has 0 radical (unpaired) electrons. The number of hydrogen-bond donors (Lipinski definition) is 0. The quantitative estimate of drug-likeness (QED) is 0.244. The van der Waals surface area contributed by atoms with Crippen molar-refractivity contribution in [1.29, 1.82) is 0 Å². The average molecular weight is 507 g/mol. The Bertz CT molecular complexity index is 1710. The van der Waals surface area contributed by atoms with E-state index in [1.54, 1.807) is 22.4 Å². The van der Waals surface area contributed by atoms with Crippen LogP contribution in [0.1, 0.15) is 27.2 Å². The highest BCUT2D eigenvalue weighted by molar-refractivity contribution is 7.22. The predicted octanol–water partition coefficient (Wildman–Crippen LogP) is 7.43. The molecule has 0 aliphatic heterocycles. The summed E-state index contributed by atoms with van der Waals surface area (Å²) in [5.41, 5.74) is 6.20. The standard InChI is InChI=1S/C29H22N4OS2/c1-18-14-19(2)27-26(15-18)36-29(32-27)33(17-20-8-5-6-12-30-20)28(34)22-16-24(25-11-7-13-35-25)31-23-10-4-3-9-21(22)23/h3-16H,17H2,1-2H3. The zero-order valence-electron chi connectivity index (χ0n) is 19.8. The molecule has 0 aliphatic rings. The molecule has 4 aromatic heterocycles. The maximum atomic E-state index is 14.4. The maximum Gasteiger partial charge on any atom is 0.261 e. The van der Waals surface area contributed by atoms with Crippen molar-refractivity contribution in [3.8, 4) is 10.6 Å². The van der Waals surface area contributed by atoms with Crippen LogP contribution in [0.2, 0.25) is 0 Å². The van der Waals surface area contributed by atoms with Crippen LogP contribution >= 0.6 is 22.7 Å². The third-order valence-electron chi connectivity index (χ3n) is 6.06. The van der Waals surface area contributed by atoms with E-state index < -0.39 is 0 Å². The molecule has 0 unspecified atom stereocenters. The van der Waals surface area contributed by atoms with Crippen molar-refractivity contribution in [3.63, 3.8) is 0 Å². The fourth-order valence-electron chi connectivity index (χ4n) is 4.40. The summed E-state index contributed by atoms with van der Waals surface area (Å²) in [5, 5.41) is 3.50. The minimum atomic E-state index is -0.120. The van der Waals surface area contributed by atoms with Crippen molar-refractivity contribution in [2.24, 2.45) is 0 Å². The molecular formula is C29H22N4OS2. The number of pyridine rings is 2. The van der Waals surface area contributed by atoms with Crippen LogP contribution in [-0.2, 0) is 6.54 Å². The Balaban J connectivity index is 1.53. The van der Waals surface area contributed by atoms with Crippen LogP contribution in [0.15, 0.2) is 84.4 Å². The van der Waals surface area contributed by atoms with E-state index in [2.05, 4.69) is 31.0 Å². The van der Waals surface area contributed by atoms with Crippen molar-refractivity contribution in [2.75, 3.05) is 4.90 Å². The first-order valence-corrected chi connectivity index (χ1v) is 13.3. The minimum Gasteiger partial charge on any atom is -0.278 e. The lowest BCUT2D eigenvalue weighted by Gasteiger charge is -2.21. The molecule has 6 aromatic rings. The molecule has 0 N–H and O–H groups in total. The van der Waals surface area contributed by atoms with E-state index in [0.717, 1.165) is 42.9 Å². The number of benzene rings is 2. The monoisotopic (exact) mass is 506 g/mol. The minimum absolute atomic E-state index is 0.120. The predicted molar refractivity (Wildman–Crippen MR) is 149 cm³/mol. The molecule has 2 aromatic carbocycles. The molecule has 176 valence electrons. The van der Waals surface area contributed by atoms with Gasteiger partial charge in [-0.2, -0.15) is 0 Å². The lowest BCUT2D eigenvalue weighted by atomic mass is 10.1. The topological polar surface area (TPSA) is 59.0 Å². The molecule has 0 aliphatic carbocycles. The number of rotatable bonds is 5. The number of carbonyl (C=O) groups excluding carboxylic acids is 1. The van der Waals surface area contributed by atoms with Gasteiger partial charge < -0.3 is 0 Å². The van der Waals surface area contributed by atoms with Crippen LogP contribution in [0.25, 0.3) is 31.7 Å². The smallest absolute Gasteiger partial charge is 0.261 e. The lowest BCUT2D eigenvalue weighted by molar-refractivity contribution is 0.0986. The fourth-order valence-corrected chi connectivity index (χ4v) is 6.23. The second-order valence-corrected chi connectivity index (χ2v) is 10.6. The van der Waals surface area contributed by atoms with Crippen LogP contribution in [-0.4, -0.2) is 20.9 Å². The fraction of sp³-hybridized carbons (Fsp3) is 0.103. The summed E-state index contributed by atoms with van der Waals surface area (Å²) in [6, 6.07) is 23.7. The molecule has 5 nitrogen and oxygen atoms in total. The summed E-state index contributed by atoms with van der Waals surface area (Å²) in [7, 11) is 0. The largest absolute Gasteiger partial charge is 0.278 e. The molecule has 0 saturated carbocycles. The number of nitrogens with zero attached hydrogens (tertiary/aromatic N) is 4. The summed E-state index contributed by atoms with van der Waals surface area (Å²) >= 11 is 3.15. The summed E-state index contributed by atoms with van der Waals surface area (Å²) in [5.74, 6) is -0.120.